The van der Waals surface area contributed by atoms with Crippen LogP contribution in [0.15, 0.2) is 54.9 Å². The van der Waals surface area contributed by atoms with Gasteiger partial charge in [-0.05, 0) is 40.2 Å². The van der Waals surface area contributed by atoms with Gasteiger partial charge in [-0.3, -0.25) is 4.68 Å². The molecule has 0 fully saturated rings. The Kier molecular flexibility index (Phi) is 5.92. The first-order valence-electron chi connectivity index (χ1n) is 9.56. The van der Waals surface area contributed by atoms with Gasteiger partial charge in [0.15, 0.2) is 0 Å². The SMILES string of the molecule is CCc1cccc(-c2cnn(Cc3ccc(C(C)C)cc3)c2)c1CC(F)(F)F. The van der Waals surface area contributed by atoms with Crippen LogP contribution in [0.4, 0.5) is 13.2 Å². The summed E-state index contributed by atoms with van der Waals surface area (Å²) in [5.41, 5.74) is 4.78. The van der Waals surface area contributed by atoms with Crippen LogP contribution in [-0.2, 0) is 19.4 Å². The molecule has 5 heteroatoms. The second kappa shape index (κ2) is 8.21. The highest BCUT2D eigenvalue weighted by atomic mass is 19.4. The molecule has 3 aromatic rings. The molecule has 0 aliphatic rings. The van der Waals surface area contributed by atoms with Crippen LogP contribution in [0, 0.1) is 0 Å². The van der Waals surface area contributed by atoms with Gasteiger partial charge in [0, 0.05) is 11.8 Å². The molecule has 1 heterocycles. The lowest BCUT2D eigenvalue weighted by Gasteiger charge is -2.15. The molecule has 0 saturated carbocycles. The molecule has 0 spiro atoms. The van der Waals surface area contributed by atoms with Crippen molar-refractivity contribution in [2.75, 3.05) is 0 Å². The zero-order chi connectivity index (χ0) is 20.3. The Bertz CT molecular complexity index is 922. The monoisotopic (exact) mass is 386 g/mol. The lowest BCUT2D eigenvalue weighted by Crippen LogP contribution is -2.14. The number of aryl methyl sites for hydroxylation is 1. The van der Waals surface area contributed by atoms with Crippen molar-refractivity contribution in [3.8, 4) is 11.1 Å². The molecule has 3 rings (SSSR count). The summed E-state index contributed by atoms with van der Waals surface area (Å²) < 4.78 is 41.1. The molecule has 0 aliphatic carbocycles. The van der Waals surface area contributed by atoms with Gasteiger partial charge >= 0.3 is 6.18 Å². The summed E-state index contributed by atoms with van der Waals surface area (Å²) in [7, 11) is 0. The summed E-state index contributed by atoms with van der Waals surface area (Å²) in [5, 5.41) is 4.37. The number of rotatable bonds is 6. The maximum absolute atomic E-state index is 13.1. The van der Waals surface area contributed by atoms with E-state index in [1.165, 1.54) is 5.56 Å². The van der Waals surface area contributed by atoms with Crippen molar-refractivity contribution in [2.24, 2.45) is 0 Å². The first-order valence-corrected chi connectivity index (χ1v) is 9.56. The molecule has 0 aliphatic heterocycles. The van der Waals surface area contributed by atoms with Gasteiger partial charge < -0.3 is 0 Å². The first kappa shape index (κ1) is 20.2. The Morgan fingerprint density at radius 2 is 1.75 bits per heavy atom. The van der Waals surface area contributed by atoms with Crippen LogP contribution in [0.1, 0.15) is 48.9 Å². The number of alkyl halides is 3. The van der Waals surface area contributed by atoms with Crippen molar-refractivity contribution < 1.29 is 13.2 Å². The topological polar surface area (TPSA) is 17.8 Å². The molecule has 2 nitrogen and oxygen atoms in total. The summed E-state index contributed by atoms with van der Waals surface area (Å²) >= 11 is 0. The fourth-order valence-electron chi connectivity index (χ4n) is 3.43. The van der Waals surface area contributed by atoms with Crippen LogP contribution in [-0.4, -0.2) is 16.0 Å². The van der Waals surface area contributed by atoms with Gasteiger partial charge in [-0.1, -0.05) is 63.2 Å². The van der Waals surface area contributed by atoms with E-state index in [1.807, 2.05) is 19.2 Å². The van der Waals surface area contributed by atoms with E-state index in [0.29, 0.717) is 35.6 Å². The van der Waals surface area contributed by atoms with E-state index in [1.54, 1.807) is 23.0 Å². The number of aromatic nitrogens is 2. The van der Waals surface area contributed by atoms with Crippen LogP contribution in [0.5, 0.6) is 0 Å². The molecule has 2 aromatic carbocycles. The van der Waals surface area contributed by atoms with E-state index in [9.17, 15) is 13.2 Å². The second-order valence-corrected chi connectivity index (χ2v) is 7.41. The van der Waals surface area contributed by atoms with Gasteiger partial charge in [-0.15, -0.1) is 0 Å². The lowest BCUT2D eigenvalue weighted by atomic mass is 9.93. The van der Waals surface area contributed by atoms with Gasteiger partial charge in [0.1, 0.15) is 0 Å². The van der Waals surface area contributed by atoms with Gasteiger partial charge in [-0.25, -0.2) is 0 Å². The molecule has 0 radical (unpaired) electrons. The van der Waals surface area contributed by atoms with E-state index in [4.69, 9.17) is 0 Å². The van der Waals surface area contributed by atoms with E-state index < -0.39 is 12.6 Å². The predicted octanol–water partition coefficient (Wildman–Crippen LogP) is 6.39. The Labute approximate surface area is 164 Å². The van der Waals surface area contributed by atoms with E-state index >= 15 is 0 Å². The minimum atomic E-state index is -4.24. The summed E-state index contributed by atoms with van der Waals surface area (Å²) in [6.07, 6.45) is -1.12. The minimum Gasteiger partial charge on any atom is -0.268 e. The average molecular weight is 386 g/mol. The van der Waals surface area contributed by atoms with Crippen LogP contribution in [0.25, 0.3) is 11.1 Å². The maximum atomic E-state index is 13.1. The Morgan fingerprint density at radius 3 is 2.36 bits per heavy atom. The van der Waals surface area contributed by atoms with Gasteiger partial charge in [0.05, 0.1) is 19.2 Å². The maximum Gasteiger partial charge on any atom is 0.393 e. The normalized spacial score (nSPS) is 12.0. The van der Waals surface area contributed by atoms with Crippen LogP contribution in [0.2, 0.25) is 0 Å². The summed E-state index contributed by atoms with van der Waals surface area (Å²) in [5.74, 6) is 0.475. The van der Waals surface area contributed by atoms with Crippen molar-refractivity contribution >= 4 is 0 Å². The predicted molar refractivity (Wildman–Crippen MR) is 106 cm³/mol. The fraction of sp³-hybridized carbons (Fsp3) is 0.348. The number of hydrogen-bond acceptors (Lipinski definition) is 1. The zero-order valence-corrected chi connectivity index (χ0v) is 16.4. The highest BCUT2D eigenvalue weighted by Crippen LogP contribution is 2.32. The van der Waals surface area contributed by atoms with Crippen molar-refractivity contribution in [1.82, 2.24) is 9.78 Å². The van der Waals surface area contributed by atoms with E-state index in [0.717, 1.165) is 11.1 Å². The second-order valence-electron chi connectivity index (χ2n) is 7.41. The first-order chi connectivity index (χ1) is 13.3. The van der Waals surface area contributed by atoms with Crippen LogP contribution in [0.3, 0.4) is 0 Å². The molecule has 0 saturated heterocycles. The van der Waals surface area contributed by atoms with Gasteiger partial charge in [-0.2, -0.15) is 18.3 Å². The smallest absolute Gasteiger partial charge is 0.268 e. The number of hydrogen-bond donors (Lipinski definition) is 0. The molecule has 0 bridgehead atoms. The molecule has 28 heavy (non-hydrogen) atoms. The zero-order valence-electron chi connectivity index (χ0n) is 16.4. The highest BCUT2D eigenvalue weighted by Gasteiger charge is 2.30. The summed E-state index contributed by atoms with van der Waals surface area (Å²) in [4.78, 5) is 0. The lowest BCUT2D eigenvalue weighted by molar-refractivity contribution is -0.127. The minimum absolute atomic E-state index is 0.346. The quantitative estimate of drug-likeness (QED) is 0.480. The molecular weight excluding hydrogens is 361 g/mol. The van der Waals surface area contributed by atoms with Crippen molar-refractivity contribution in [1.29, 1.82) is 0 Å². The van der Waals surface area contributed by atoms with E-state index in [-0.39, 0.29) is 0 Å². The van der Waals surface area contributed by atoms with Gasteiger partial charge in [0.2, 0.25) is 0 Å². The largest absolute Gasteiger partial charge is 0.393 e. The molecule has 1 aromatic heterocycles. The molecule has 0 N–H and O–H groups in total. The number of benzene rings is 2. The molecule has 0 atom stereocenters. The molecule has 0 amide bonds. The molecule has 148 valence electrons. The summed E-state index contributed by atoms with van der Waals surface area (Å²) in [6.45, 7) is 6.76. The van der Waals surface area contributed by atoms with Gasteiger partial charge in [0.25, 0.3) is 0 Å². The van der Waals surface area contributed by atoms with Crippen molar-refractivity contribution in [2.45, 2.75) is 52.3 Å². The van der Waals surface area contributed by atoms with Crippen LogP contribution >= 0.6 is 0 Å². The number of halogens is 3. The van der Waals surface area contributed by atoms with E-state index in [2.05, 4.69) is 43.2 Å². The molecular formula is C23H25F3N2. The van der Waals surface area contributed by atoms with Crippen LogP contribution < -0.4 is 0 Å². The van der Waals surface area contributed by atoms with Crippen molar-refractivity contribution in [3.63, 3.8) is 0 Å². The third kappa shape index (κ3) is 4.83. The standard InChI is InChI=1S/C23H25F3N2/c1-4-18-6-5-7-21(22(18)12-23(24,25)26)20-13-27-28(15-20)14-17-8-10-19(11-9-17)16(2)3/h5-11,13,15-16H,4,12,14H2,1-3H3. The average Bonchev–Trinajstić information content (AvgIpc) is 3.09. The Hall–Kier alpha value is -2.56. The fourth-order valence-corrected chi connectivity index (χ4v) is 3.43. The number of nitrogens with zero attached hydrogens (tertiary/aromatic N) is 2. The highest BCUT2D eigenvalue weighted by molar-refractivity contribution is 5.68. The molecule has 0 unspecified atom stereocenters. The third-order valence-corrected chi connectivity index (χ3v) is 4.97. The third-order valence-electron chi connectivity index (χ3n) is 4.97. The van der Waals surface area contributed by atoms with Crippen molar-refractivity contribution in [3.05, 3.63) is 77.1 Å². The Morgan fingerprint density at radius 1 is 1.04 bits per heavy atom. The summed E-state index contributed by atoms with van der Waals surface area (Å²) in [6, 6.07) is 13.7. The Balaban J connectivity index is 1.87.